The van der Waals surface area contributed by atoms with E-state index in [2.05, 4.69) is 5.16 Å². The average molecular weight is 393 g/mol. The molecule has 2 bridgehead atoms. The molecule has 0 radical (unpaired) electrons. The van der Waals surface area contributed by atoms with Gasteiger partial charge in [-0.05, 0) is 42.2 Å². The van der Waals surface area contributed by atoms with Crippen LogP contribution in [0.25, 0.3) is 0 Å². The number of carbonyl (C=O) groups excluding carboxylic acids is 2. The highest BCUT2D eigenvalue weighted by Gasteiger charge is 2.70. The van der Waals surface area contributed by atoms with Gasteiger partial charge in [0.1, 0.15) is 6.10 Å². The Morgan fingerprint density at radius 3 is 2.29 bits per heavy atom. The molecule has 0 aromatic heterocycles. The molecule has 140 valence electrons. The Morgan fingerprint density at radius 1 is 0.893 bits per heavy atom. The molecule has 3 fully saturated rings. The van der Waals surface area contributed by atoms with Crippen molar-refractivity contribution < 1.29 is 14.4 Å². The molecule has 2 aliphatic carbocycles. The molecule has 2 heterocycles. The van der Waals surface area contributed by atoms with E-state index in [0.717, 1.165) is 17.7 Å². The summed E-state index contributed by atoms with van der Waals surface area (Å²) in [6.45, 7) is 0. The first-order chi connectivity index (χ1) is 13.6. The fraction of sp³-hybridized carbons (Fsp3) is 0.318. The molecule has 2 amide bonds. The first-order valence-corrected chi connectivity index (χ1v) is 9.95. The molecule has 6 rings (SSSR count). The summed E-state index contributed by atoms with van der Waals surface area (Å²) in [5.41, 5.74) is 2.51. The summed E-state index contributed by atoms with van der Waals surface area (Å²) < 4.78 is 0. The molecule has 2 aliphatic heterocycles. The minimum Gasteiger partial charge on any atom is -0.391 e. The normalized spacial score (nSPS) is 35.0. The Bertz CT molecular complexity index is 1020. The number of rotatable bonds is 2. The zero-order valence-electron chi connectivity index (χ0n) is 14.9. The summed E-state index contributed by atoms with van der Waals surface area (Å²) in [7, 11) is 0. The number of nitrogens with zero attached hydrogens (tertiary/aromatic N) is 2. The summed E-state index contributed by atoms with van der Waals surface area (Å²) in [6, 6.07) is 16.8. The first kappa shape index (κ1) is 16.3. The molecule has 6 heteroatoms. The lowest BCUT2D eigenvalue weighted by atomic mass is 9.71. The van der Waals surface area contributed by atoms with Crippen molar-refractivity contribution in [3.05, 3.63) is 65.2 Å². The molecule has 1 saturated heterocycles. The van der Waals surface area contributed by atoms with Crippen molar-refractivity contribution in [3.8, 4) is 0 Å². The Hall–Kier alpha value is -2.66. The summed E-state index contributed by atoms with van der Waals surface area (Å²) in [4.78, 5) is 33.6. The van der Waals surface area contributed by atoms with Gasteiger partial charge in [0.15, 0.2) is 0 Å². The summed E-state index contributed by atoms with van der Waals surface area (Å²) in [5.74, 6) is -0.553. The average Bonchev–Trinajstić information content (AvgIpc) is 3.44. The highest BCUT2D eigenvalue weighted by molar-refractivity contribution is 6.30. The smallest absolute Gasteiger partial charge is 0.238 e. The number of anilines is 1. The maximum absolute atomic E-state index is 13.3. The first-order valence-electron chi connectivity index (χ1n) is 9.57. The lowest BCUT2D eigenvalue weighted by molar-refractivity contribution is -0.125. The third kappa shape index (κ3) is 2.00. The number of imide groups is 1. The zero-order valence-corrected chi connectivity index (χ0v) is 15.6. The van der Waals surface area contributed by atoms with Gasteiger partial charge in [0.2, 0.25) is 11.8 Å². The summed E-state index contributed by atoms with van der Waals surface area (Å²) >= 11 is 6.02. The van der Waals surface area contributed by atoms with Gasteiger partial charge in [-0.25, -0.2) is 0 Å². The van der Waals surface area contributed by atoms with Crippen molar-refractivity contribution in [1.29, 1.82) is 0 Å². The topological polar surface area (TPSA) is 59.0 Å². The molecule has 4 aliphatic rings. The lowest BCUT2D eigenvalue weighted by Crippen LogP contribution is -2.41. The maximum Gasteiger partial charge on any atom is 0.238 e. The molecule has 0 unspecified atom stereocenters. The van der Waals surface area contributed by atoms with Crippen LogP contribution in [0, 0.1) is 29.6 Å². The number of benzene rings is 2. The molecule has 2 aromatic rings. The fourth-order valence-corrected chi connectivity index (χ4v) is 5.94. The van der Waals surface area contributed by atoms with Crippen LogP contribution in [0.15, 0.2) is 59.8 Å². The van der Waals surface area contributed by atoms with E-state index >= 15 is 0 Å². The third-order valence-corrected chi connectivity index (χ3v) is 7.10. The van der Waals surface area contributed by atoms with E-state index in [0.29, 0.717) is 10.7 Å². The van der Waals surface area contributed by atoms with Gasteiger partial charge >= 0.3 is 0 Å². The van der Waals surface area contributed by atoms with Gasteiger partial charge in [-0.1, -0.05) is 47.1 Å². The van der Waals surface area contributed by atoms with E-state index in [4.69, 9.17) is 16.4 Å². The van der Waals surface area contributed by atoms with E-state index < -0.39 is 0 Å². The number of carbonyl (C=O) groups is 2. The number of para-hydroxylation sites is 1. The van der Waals surface area contributed by atoms with Gasteiger partial charge in [0.25, 0.3) is 0 Å². The van der Waals surface area contributed by atoms with Crippen molar-refractivity contribution in [2.45, 2.75) is 12.5 Å². The number of halogens is 1. The van der Waals surface area contributed by atoms with Crippen molar-refractivity contribution in [2.24, 2.45) is 34.7 Å². The van der Waals surface area contributed by atoms with Crippen LogP contribution in [-0.2, 0) is 14.4 Å². The molecule has 28 heavy (non-hydrogen) atoms. The second-order valence-corrected chi connectivity index (χ2v) is 8.48. The largest absolute Gasteiger partial charge is 0.391 e. The predicted molar refractivity (Wildman–Crippen MR) is 104 cm³/mol. The number of oxime groups is 1. The summed E-state index contributed by atoms with van der Waals surface area (Å²) in [6.07, 6.45) is 0.724. The standard InChI is InChI=1S/C22H17ClN2O3/c23-12-8-6-11(7-9-12)19-18-14-10-15(20(18)28-24-19)17-16(14)21(26)25(22(17)27)13-4-2-1-3-5-13/h1-9,14-18,20H,10H2/t14-,15-,16+,17-,18-,20+/m1/s1. The van der Waals surface area contributed by atoms with Gasteiger partial charge in [-0.2, -0.15) is 0 Å². The van der Waals surface area contributed by atoms with Crippen LogP contribution < -0.4 is 4.90 Å². The molecule has 5 nitrogen and oxygen atoms in total. The van der Waals surface area contributed by atoms with Crippen molar-refractivity contribution >= 4 is 34.8 Å². The second kappa shape index (κ2) is 5.67. The van der Waals surface area contributed by atoms with Crippen LogP contribution >= 0.6 is 11.6 Å². The Kier molecular flexibility index (Phi) is 3.30. The van der Waals surface area contributed by atoms with Gasteiger partial charge in [0, 0.05) is 16.9 Å². The number of fused-ring (bicyclic) bond motifs is 8. The number of hydrogen-bond donors (Lipinski definition) is 0. The van der Waals surface area contributed by atoms with Crippen LogP contribution in [0.4, 0.5) is 5.69 Å². The van der Waals surface area contributed by atoms with Crippen LogP contribution in [0.2, 0.25) is 5.02 Å². The van der Waals surface area contributed by atoms with E-state index in [1.165, 1.54) is 4.90 Å². The monoisotopic (exact) mass is 392 g/mol. The molecular formula is C22H17ClN2O3. The zero-order chi connectivity index (χ0) is 19.0. The molecule has 2 aromatic carbocycles. The second-order valence-electron chi connectivity index (χ2n) is 8.04. The highest BCUT2D eigenvalue weighted by atomic mass is 35.5. The molecular weight excluding hydrogens is 376 g/mol. The Balaban J connectivity index is 1.36. The maximum atomic E-state index is 13.3. The SMILES string of the molecule is O=C1[C@@H]2[C@H]3C[C@@H]([C@@H]4C(c5ccc(Cl)cc5)=NO[C@@H]34)[C@@H]2C(=O)N1c1ccccc1. The number of amides is 2. The van der Waals surface area contributed by atoms with Crippen LogP contribution in [0.1, 0.15) is 12.0 Å². The fourth-order valence-electron chi connectivity index (χ4n) is 5.82. The predicted octanol–water partition coefficient (Wildman–Crippen LogP) is 3.51. The van der Waals surface area contributed by atoms with Gasteiger partial charge < -0.3 is 4.84 Å². The van der Waals surface area contributed by atoms with E-state index in [9.17, 15) is 9.59 Å². The van der Waals surface area contributed by atoms with Crippen molar-refractivity contribution in [2.75, 3.05) is 4.90 Å². The minimum absolute atomic E-state index is 0.0405. The van der Waals surface area contributed by atoms with E-state index in [1.807, 2.05) is 54.6 Å². The van der Waals surface area contributed by atoms with Crippen LogP contribution in [0.3, 0.4) is 0 Å². The third-order valence-electron chi connectivity index (χ3n) is 6.84. The van der Waals surface area contributed by atoms with Crippen molar-refractivity contribution in [1.82, 2.24) is 0 Å². The Morgan fingerprint density at radius 2 is 1.57 bits per heavy atom. The van der Waals surface area contributed by atoms with Gasteiger partial charge in [0.05, 0.1) is 23.2 Å². The molecule has 0 N–H and O–H groups in total. The van der Waals surface area contributed by atoms with Gasteiger partial charge in [-0.3, -0.25) is 14.5 Å². The Labute approximate surface area is 166 Å². The van der Waals surface area contributed by atoms with E-state index in [-0.39, 0.29) is 47.5 Å². The van der Waals surface area contributed by atoms with Crippen LogP contribution in [-0.4, -0.2) is 23.6 Å². The molecule has 6 atom stereocenters. The van der Waals surface area contributed by atoms with Crippen molar-refractivity contribution in [3.63, 3.8) is 0 Å². The van der Waals surface area contributed by atoms with Crippen LogP contribution in [0.5, 0.6) is 0 Å². The lowest BCUT2D eigenvalue weighted by Gasteiger charge is -2.29. The quantitative estimate of drug-likeness (QED) is 0.735. The number of hydrogen-bond acceptors (Lipinski definition) is 4. The molecule has 2 saturated carbocycles. The molecule has 0 spiro atoms. The highest BCUT2D eigenvalue weighted by Crippen LogP contribution is 2.62. The van der Waals surface area contributed by atoms with E-state index in [1.54, 1.807) is 0 Å². The van der Waals surface area contributed by atoms with Gasteiger partial charge in [-0.15, -0.1) is 0 Å². The minimum atomic E-state index is -0.293. The summed E-state index contributed by atoms with van der Waals surface area (Å²) in [5, 5.41) is 5.02.